The number of hydrogen-bond acceptors (Lipinski definition) is 11. The van der Waals surface area contributed by atoms with Gasteiger partial charge in [-0.2, -0.15) is 0 Å². The zero-order valence-corrected chi connectivity index (χ0v) is 32.8. The first-order valence-electron chi connectivity index (χ1n) is 19.2. The van der Waals surface area contributed by atoms with Crippen LogP contribution in [0.5, 0.6) is 11.5 Å². The van der Waals surface area contributed by atoms with Gasteiger partial charge in [-0.15, -0.1) is 0 Å². The predicted molar refractivity (Wildman–Crippen MR) is 201 cm³/mol. The van der Waals surface area contributed by atoms with Gasteiger partial charge in [0.15, 0.2) is 6.29 Å². The van der Waals surface area contributed by atoms with Gasteiger partial charge >= 0.3 is 12.1 Å². The summed E-state index contributed by atoms with van der Waals surface area (Å²) in [7, 11) is 4.33. The average Bonchev–Trinajstić information content (AvgIpc) is 4.14. The van der Waals surface area contributed by atoms with E-state index in [-0.39, 0.29) is 37.5 Å². The molecule has 8 atom stereocenters. The molecule has 1 aromatic heterocycles. The maximum Gasteiger partial charge on any atom is 0.408 e. The van der Waals surface area contributed by atoms with E-state index in [4.69, 9.17) is 45.0 Å². The Balaban J connectivity index is 1.15. The third-order valence-corrected chi connectivity index (χ3v) is 12.2. The molecule has 4 saturated carbocycles. The van der Waals surface area contributed by atoms with Gasteiger partial charge in [0.05, 0.1) is 19.2 Å². The Kier molecular flexibility index (Phi) is 11.2. The van der Waals surface area contributed by atoms with E-state index in [1.807, 2.05) is 19.1 Å². The molecular formula is C40H51ClN4O10. The number of esters is 1. The minimum atomic E-state index is -1.17. The van der Waals surface area contributed by atoms with Crippen LogP contribution in [-0.2, 0) is 33.3 Å². The van der Waals surface area contributed by atoms with Crippen molar-refractivity contribution in [3.8, 4) is 11.5 Å². The quantitative estimate of drug-likeness (QED) is 0.133. The number of ether oxygens (including phenoxy) is 6. The SMILES string of the molecule is C=C(C)[C@H](NC(=O)OC1C[C@@H]2C[C@@H]2C1)C(=O)N1C[C@H](Oc2cc(C3CC3)nc3c(Cl)c(OCC(OC)OC)ccc23)C[C@H]1C(=O)N[C@]1(C(=O)OC)C[C@H]1CC. The first-order valence-corrected chi connectivity index (χ1v) is 19.6. The molecule has 1 aliphatic heterocycles. The third kappa shape index (κ3) is 8.08. The van der Waals surface area contributed by atoms with Crippen LogP contribution in [-0.4, -0.2) is 104 Å². The highest BCUT2D eigenvalue weighted by atomic mass is 35.5. The van der Waals surface area contributed by atoms with E-state index in [2.05, 4.69) is 17.2 Å². The fourth-order valence-electron chi connectivity index (χ4n) is 8.35. The van der Waals surface area contributed by atoms with Crippen molar-refractivity contribution in [2.45, 2.75) is 107 Å². The minimum Gasteiger partial charge on any atom is -0.488 e. The molecule has 55 heavy (non-hydrogen) atoms. The lowest BCUT2D eigenvalue weighted by Gasteiger charge is -2.30. The van der Waals surface area contributed by atoms with Crippen molar-refractivity contribution in [3.63, 3.8) is 0 Å². The summed E-state index contributed by atoms with van der Waals surface area (Å²) in [4.78, 5) is 61.0. The van der Waals surface area contributed by atoms with E-state index < -0.39 is 53.9 Å². The third-order valence-electron chi connectivity index (χ3n) is 11.9. The number of benzene rings is 1. The molecule has 5 aliphatic rings. The monoisotopic (exact) mass is 782 g/mol. The lowest BCUT2D eigenvalue weighted by atomic mass is 10.1. The molecule has 1 saturated heterocycles. The number of likely N-dealkylation sites (tertiary alicyclic amines) is 1. The van der Waals surface area contributed by atoms with Gasteiger partial charge in [0.2, 0.25) is 11.8 Å². The molecule has 2 aromatic rings. The van der Waals surface area contributed by atoms with Crippen molar-refractivity contribution in [1.82, 2.24) is 20.5 Å². The van der Waals surface area contributed by atoms with E-state index in [9.17, 15) is 19.2 Å². The first kappa shape index (κ1) is 39.1. The number of carbonyl (C=O) groups is 4. The molecule has 14 nitrogen and oxygen atoms in total. The number of carbonyl (C=O) groups excluding carboxylic acids is 4. The van der Waals surface area contributed by atoms with Crippen LogP contribution in [0.15, 0.2) is 30.4 Å². The average molecular weight is 783 g/mol. The Bertz CT molecular complexity index is 1840. The molecule has 2 heterocycles. The molecule has 1 aromatic carbocycles. The van der Waals surface area contributed by atoms with Crippen LogP contribution in [0.2, 0.25) is 5.02 Å². The highest BCUT2D eigenvalue weighted by Gasteiger charge is 2.62. The Morgan fingerprint density at radius 1 is 1.04 bits per heavy atom. The predicted octanol–water partition coefficient (Wildman–Crippen LogP) is 5.04. The fourth-order valence-corrected chi connectivity index (χ4v) is 8.61. The zero-order valence-electron chi connectivity index (χ0n) is 32.1. The Morgan fingerprint density at radius 2 is 1.76 bits per heavy atom. The van der Waals surface area contributed by atoms with Crippen LogP contribution in [0.1, 0.15) is 76.8 Å². The van der Waals surface area contributed by atoms with Crippen molar-refractivity contribution in [2.75, 3.05) is 34.5 Å². The van der Waals surface area contributed by atoms with Crippen LogP contribution < -0.4 is 20.1 Å². The van der Waals surface area contributed by atoms with Crippen LogP contribution in [0.3, 0.4) is 0 Å². The van der Waals surface area contributed by atoms with Crippen molar-refractivity contribution >= 4 is 46.4 Å². The van der Waals surface area contributed by atoms with Gasteiger partial charge in [-0.1, -0.05) is 31.5 Å². The highest BCUT2D eigenvalue weighted by Crippen LogP contribution is 2.52. The standard InChI is InChI=1S/C40H51ClN4O10/c1-7-24-17-40(24,38(48)52-6)44-36(46)29-15-26(18-45(29)37(47)34(20(2)3)43-39(49)55-25-13-22-12-23(22)14-25)54-31-16-28(21-8-9-21)42-35-27(31)10-11-30(33(35)41)53-19-32(50-4)51-5/h10-11,16,21-26,29,32,34H,2,7-9,12-15,17-19H2,1,3-6H3,(H,43,49)(H,44,46)/t22-,23+,24-,25?,26-,29+,34+,40-/m1/s1. The largest absolute Gasteiger partial charge is 0.488 e. The van der Waals surface area contributed by atoms with E-state index in [1.54, 1.807) is 13.0 Å². The lowest BCUT2D eigenvalue weighted by Crippen LogP contribution is -2.56. The maximum atomic E-state index is 14.4. The second-order valence-electron chi connectivity index (χ2n) is 15.7. The van der Waals surface area contributed by atoms with Crippen molar-refractivity contribution in [1.29, 1.82) is 0 Å². The summed E-state index contributed by atoms with van der Waals surface area (Å²) in [5.41, 5.74) is 0.519. The molecule has 0 radical (unpaired) electrons. The van der Waals surface area contributed by atoms with Crippen LogP contribution in [0, 0.1) is 17.8 Å². The molecule has 7 rings (SSSR count). The Hall–Kier alpha value is -4.14. The summed E-state index contributed by atoms with van der Waals surface area (Å²) in [5, 5.41) is 6.59. The number of rotatable bonds is 16. The summed E-state index contributed by atoms with van der Waals surface area (Å²) in [5.74, 6) is 0.697. The number of methoxy groups -OCH3 is 3. The number of amides is 3. The molecule has 15 heteroatoms. The summed E-state index contributed by atoms with van der Waals surface area (Å²) < 4.78 is 33.9. The molecule has 3 amide bonds. The number of fused-ring (bicyclic) bond motifs is 2. The highest BCUT2D eigenvalue weighted by molar-refractivity contribution is 6.36. The molecular weight excluding hydrogens is 732 g/mol. The molecule has 0 spiro atoms. The van der Waals surface area contributed by atoms with Gasteiger partial charge < -0.3 is 44.0 Å². The number of pyridine rings is 1. The number of nitrogens with zero attached hydrogens (tertiary/aromatic N) is 2. The molecule has 2 N–H and O–H groups in total. The normalized spacial score (nSPS) is 28.3. The van der Waals surface area contributed by atoms with E-state index in [1.165, 1.54) is 32.7 Å². The first-order chi connectivity index (χ1) is 26.4. The van der Waals surface area contributed by atoms with Crippen LogP contribution >= 0.6 is 11.6 Å². The number of hydrogen-bond donors (Lipinski definition) is 2. The van der Waals surface area contributed by atoms with Crippen LogP contribution in [0.4, 0.5) is 4.79 Å². The van der Waals surface area contributed by atoms with Crippen molar-refractivity contribution in [3.05, 3.63) is 41.1 Å². The topological polar surface area (TPSA) is 164 Å². The lowest BCUT2D eigenvalue weighted by molar-refractivity contribution is -0.148. The molecule has 4 aliphatic carbocycles. The van der Waals surface area contributed by atoms with Gasteiger partial charge in [0.25, 0.3) is 0 Å². The summed E-state index contributed by atoms with van der Waals surface area (Å²) in [6, 6.07) is 3.24. The van der Waals surface area contributed by atoms with Gasteiger partial charge in [-0.3, -0.25) is 14.6 Å². The molecule has 1 unspecified atom stereocenters. The smallest absolute Gasteiger partial charge is 0.408 e. The van der Waals surface area contributed by atoms with Gasteiger partial charge in [0.1, 0.15) is 53.0 Å². The minimum absolute atomic E-state index is 0.0127. The van der Waals surface area contributed by atoms with Gasteiger partial charge in [0, 0.05) is 43.7 Å². The summed E-state index contributed by atoms with van der Waals surface area (Å²) in [6.45, 7) is 7.70. The zero-order chi connectivity index (χ0) is 39.2. The molecule has 0 bridgehead atoms. The van der Waals surface area contributed by atoms with Crippen LogP contribution in [0.25, 0.3) is 10.9 Å². The van der Waals surface area contributed by atoms with Gasteiger partial charge in [-0.05, 0) is 80.9 Å². The van der Waals surface area contributed by atoms with Crippen molar-refractivity contribution in [2.24, 2.45) is 17.8 Å². The molecule has 5 fully saturated rings. The second kappa shape index (κ2) is 15.8. The second-order valence-corrected chi connectivity index (χ2v) is 16.1. The van der Waals surface area contributed by atoms with Crippen molar-refractivity contribution < 1.29 is 47.6 Å². The van der Waals surface area contributed by atoms with E-state index in [0.29, 0.717) is 57.7 Å². The summed E-state index contributed by atoms with van der Waals surface area (Å²) in [6.07, 6.45) is 3.84. The molecule has 298 valence electrons. The number of alkyl carbamates (subject to hydrolysis) is 1. The Morgan fingerprint density at radius 3 is 2.38 bits per heavy atom. The fraction of sp³-hybridized carbons (Fsp3) is 0.625. The maximum absolute atomic E-state index is 14.4. The Labute approximate surface area is 325 Å². The number of halogens is 1. The van der Waals surface area contributed by atoms with E-state index in [0.717, 1.165) is 31.4 Å². The van der Waals surface area contributed by atoms with Gasteiger partial charge in [-0.25, -0.2) is 9.59 Å². The number of nitrogens with one attached hydrogen (secondary N) is 2. The summed E-state index contributed by atoms with van der Waals surface area (Å²) >= 11 is 6.90. The number of aromatic nitrogens is 1. The van der Waals surface area contributed by atoms with E-state index >= 15 is 0 Å².